The summed E-state index contributed by atoms with van der Waals surface area (Å²) >= 11 is 0. The van der Waals surface area contributed by atoms with Crippen LogP contribution >= 0.6 is 0 Å². The maximum absolute atomic E-state index is 12.4. The summed E-state index contributed by atoms with van der Waals surface area (Å²) < 4.78 is 29.0. The van der Waals surface area contributed by atoms with Crippen LogP contribution in [0.15, 0.2) is 24.3 Å². The van der Waals surface area contributed by atoms with Crippen LogP contribution in [0.5, 0.6) is 5.75 Å². The molecule has 1 unspecified atom stereocenters. The van der Waals surface area contributed by atoms with E-state index in [-0.39, 0.29) is 5.75 Å². The third-order valence-electron chi connectivity index (χ3n) is 1.25. The Bertz CT molecular complexity index is 297. The van der Waals surface area contributed by atoms with E-state index in [9.17, 15) is 13.6 Å². The number of aliphatic carboxylic acids is 1. The van der Waals surface area contributed by atoms with Crippen molar-refractivity contribution >= 4 is 5.97 Å². The molecule has 1 aromatic carbocycles. The smallest absolute Gasteiger partial charge is 0.378 e. The second kappa shape index (κ2) is 3.84. The molecule has 70 valence electrons. The van der Waals surface area contributed by atoms with E-state index in [4.69, 9.17) is 5.11 Å². The molecule has 3 nitrogen and oxygen atoms in total. The average molecular weight is 188 g/mol. The first-order chi connectivity index (χ1) is 6.09. The minimum atomic E-state index is -2.43. The van der Waals surface area contributed by atoms with E-state index in [0.29, 0.717) is 0 Å². The lowest BCUT2D eigenvalue weighted by Crippen LogP contribution is -2.21. The maximum atomic E-state index is 12.4. The standard InChI is InChI=1S/C8H6F2O3/c9-5-1-3-6(4-2-5)13-7(10)8(11)12/h1-4,7H,(H,11,12). The molecule has 0 amide bonds. The van der Waals surface area contributed by atoms with Gasteiger partial charge in [-0.05, 0) is 24.3 Å². The zero-order chi connectivity index (χ0) is 9.84. The van der Waals surface area contributed by atoms with Gasteiger partial charge < -0.3 is 9.84 Å². The Morgan fingerprint density at radius 1 is 1.38 bits per heavy atom. The highest BCUT2D eigenvalue weighted by Crippen LogP contribution is 2.13. The molecule has 1 rings (SSSR count). The fraction of sp³-hybridized carbons (Fsp3) is 0.125. The number of halogens is 2. The molecule has 0 saturated carbocycles. The summed E-state index contributed by atoms with van der Waals surface area (Å²) in [5.74, 6) is -2.25. The molecular weight excluding hydrogens is 182 g/mol. The van der Waals surface area contributed by atoms with Gasteiger partial charge in [0.05, 0.1) is 0 Å². The van der Waals surface area contributed by atoms with Crippen LogP contribution in [-0.2, 0) is 4.79 Å². The first-order valence-electron chi connectivity index (χ1n) is 3.38. The lowest BCUT2D eigenvalue weighted by atomic mass is 10.3. The van der Waals surface area contributed by atoms with Gasteiger partial charge in [0, 0.05) is 0 Å². The van der Waals surface area contributed by atoms with E-state index in [0.717, 1.165) is 24.3 Å². The fourth-order valence-corrected chi connectivity index (χ4v) is 0.683. The quantitative estimate of drug-likeness (QED) is 0.783. The molecule has 1 atom stereocenters. The highest BCUT2D eigenvalue weighted by molar-refractivity contribution is 5.70. The SMILES string of the molecule is O=C(O)C(F)Oc1ccc(F)cc1. The van der Waals surface area contributed by atoms with Gasteiger partial charge in [0.25, 0.3) is 0 Å². The summed E-state index contributed by atoms with van der Waals surface area (Å²) in [6.45, 7) is 0. The predicted molar refractivity (Wildman–Crippen MR) is 39.6 cm³/mol. The molecule has 0 aliphatic carbocycles. The Morgan fingerprint density at radius 3 is 2.38 bits per heavy atom. The fourth-order valence-electron chi connectivity index (χ4n) is 0.683. The normalized spacial score (nSPS) is 12.2. The molecular formula is C8H6F2O3. The first-order valence-corrected chi connectivity index (χ1v) is 3.38. The summed E-state index contributed by atoms with van der Waals surface area (Å²) in [7, 11) is 0. The minimum Gasteiger partial charge on any atom is -0.476 e. The van der Waals surface area contributed by atoms with Crippen molar-refractivity contribution in [3.8, 4) is 5.75 Å². The van der Waals surface area contributed by atoms with Crippen molar-refractivity contribution in [2.24, 2.45) is 0 Å². The lowest BCUT2D eigenvalue weighted by Gasteiger charge is -2.06. The number of hydrogen-bond acceptors (Lipinski definition) is 2. The monoisotopic (exact) mass is 188 g/mol. The van der Waals surface area contributed by atoms with Crippen molar-refractivity contribution in [2.75, 3.05) is 0 Å². The van der Waals surface area contributed by atoms with Gasteiger partial charge in [-0.2, -0.15) is 4.39 Å². The predicted octanol–water partition coefficient (Wildman–Crippen LogP) is 1.58. The van der Waals surface area contributed by atoms with Crippen LogP contribution in [0, 0.1) is 5.82 Å². The third kappa shape index (κ3) is 2.70. The number of carbonyl (C=O) groups is 1. The topological polar surface area (TPSA) is 46.5 Å². The van der Waals surface area contributed by atoms with E-state index >= 15 is 0 Å². The minimum absolute atomic E-state index is 0.0312. The molecule has 0 saturated heterocycles. The van der Waals surface area contributed by atoms with E-state index < -0.39 is 18.1 Å². The van der Waals surface area contributed by atoms with Gasteiger partial charge in [0.2, 0.25) is 0 Å². The van der Waals surface area contributed by atoms with Crippen molar-refractivity contribution in [3.05, 3.63) is 30.1 Å². The molecule has 0 radical (unpaired) electrons. The van der Waals surface area contributed by atoms with E-state index in [1.54, 1.807) is 0 Å². The Balaban J connectivity index is 2.64. The Kier molecular flexibility index (Phi) is 2.79. The molecule has 0 aliphatic rings. The highest BCUT2D eigenvalue weighted by atomic mass is 19.1. The van der Waals surface area contributed by atoms with Gasteiger partial charge in [-0.15, -0.1) is 0 Å². The van der Waals surface area contributed by atoms with Gasteiger partial charge in [0.1, 0.15) is 11.6 Å². The number of ether oxygens (including phenoxy) is 1. The van der Waals surface area contributed by atoms with Crippen molar-refractivity contribution < 1.29 is 23.4 Å². The summed E-state index contributed by atoms with van der Waals surface area (Å²) in [4.78, 5) is 10.00. The van der Waals surface area contributed by atoms with Gasteiger partial charge in [-0.3, -0.25) is 0 Å². The Labute approximate surface area is 72.6 Å². The number of carboxylic acids is 1. The van der Waals surface area contributed by atoms with Crippen molar-refractivity contribution in [1.82, 2.24) is 0 Å². The van der Waals surface area contributed by atoms with E-state index in [1.807, 2.05) is 0 Å². The molecule has 0 fully saturated rings. The second-order valence-corrected chi connectivity index (χ2v) is 2.23. The number of carboxylic acid groups (broad SMARTS) is 1. The van der Waals surface area contributed by atoms with Crippen LogP contribution in [0.4, 0.5) is 8.78 Å². The first kappa shape index (κ1) is 9.44. The van der Waals surface area contributed by atoms with Gasteiger partial charge in [-0.25, -0.2) is 9.18 Å². The molecule has 0 heterocycles. The van der Waals surface area contributed by atoms with Crippen LogP contribution in [0.3, 0.4) is 0 Å². The van der Waals surface area contributed by atoms with Crippen molar-refractivity contribution in [3.63, 3.8) is 0 Å². The van der Waals surface area contributed by atoms with Gasteiger partial charge in [0.15, 0.2) is 0 Å². The van der Waals surface area contributed by atoms with Crippen LogP contribution in [-0.4, -0.2) is 17.4 Å². The van der Waals surface area contributed by atoms with Crippen LogP contribution in [0.1, 0.15) is 0 Å². The molecule has 0 bridgehead atoms. The number of hydrogen-bond donors (Lipinski definition) is 1. The molecule has 1 aromatic rings. The zero-order valence-corrected chi connectivity index (χ0v) is 6.41. The summed E-state index contributed by atoms with van der Waals surface area (Å²) in [6.07, 6.45) is -2.43. The number of benzene rings is 1. The van der Waals surface area contributed by atoms with Gasteiger partial charge in [-0.1, -0.05) is 0 Å². The van der Waals surface area contributed by atoms with E-state index in [2.05, 4.69) is 4.74 Å². The number of rotatable bonds is 3. The molecule has 0 aliphatic heterocycles. The van der Waals surface area contributed by atoms with Crippen LogP contribution < -0.4 is 4.74 Å². The van der Waals surface area contributed by atoms with E-state index in [1.165, 1.54) is 0 Å². The summed E-state index contributed by atoms with van der Waals surface area (Å²) in [6, 6.07) is 4.38. The summed E-state index contributed by atoms with van der Waals surface area (Å²) in [5.41, 5.74) is 0. The molecule has 0 aromatic heterocycles. The largest absolute Gasteiger partial charge is 0.476 e. The highest BCUT2D eigenvalue weighted by Gasteiger charge is 2.16. The Hall–Kier alpha value is -1.65. The molecule has 0 spiro atoms. The second-order valence-electron chi connectivity index (χ2n) is 2.23. The number of alkyl halides is 1. The molecule has 1 N–H and O–H groups in total. The lowest BCUT2D eigenvalue weighted by molar-refractivity contribution is -0.153. The molecule has 5 heteroatoms. The van der Waals surface area contributed by atoms with Crippen molar-refractivity contribution in [2.45, 2.75) is 6.36 Å². The van der Waals surface area contributed by atoms with Crippen LogP contribution in [0.2, 0.25) is 0 Å². The average Bonchev–Trinajstić information content (AvgIpc) is 2.08. The summed E-state index contributed by atoms with van der Waals surface area (Å²) in [5, 5.41) is 8.12. The van der Waals surface area contributed by atoms with Crippen LogP contribution in [0.25, 0.3) is 0 Å². The zero-order valence-electron chi connectivity index (χ0n) is 6.41. The Morgan fingerprint density at radius 2 is 1.92 bits per heavy atom. The van der Waals surface area contributed by atoms with Gasteiger partial charge >= 0.3 is 12.3 Å². The molecule has 13 heavy (non-hydrogen) atoms. The maximum Gasteiger partial charge on any atom is 0.378 e. The third-order valence-corrected chi connectivity index (χ3v) is 1.25. The van der Waals surface area contributed by atoms with Crippen molar-refractivity contribution in [1.29, 1.82) is 0 Å².